The van der Waals surface area contributed by atoms with E-state index in [0.29, 0.717) is 0 Å². The molecule has 1 saturated heterocycles. The second kappa shape index (κ2) is 18.1. The molecular formula is C43H74S3. The van der Waals surface area contributed by atoms with E-state index in [0.717, 1.165) is 11.8 Å². The van der Waals surface area contributed by atoms with Gasteiger partial charge in [0.05, 0.1) is 9.75 Å². The number of thiophene rings is 2. The van der Waals surface area contributed by atoms with Crippen molar-refractivity contribution >= 4 is 32.7 Å². The number of unbranched alkanes of at least 4 members (excludes halogenated alkanes) is 3. The van der Waals surface area contributed by atoms with E-state index in [1.54, 1.807) is 19.5 Å². The standard InChI is InChI=1S/C43H74S3/c1-9-10-11-23-28-35-29-25-27-34(2)26-22-20-18-16-14-12-13-15-17-19-21-24-30-46(33-35)36-31-38(42(3,4)5)44-40(36)41-37(46)32-39(45-41)43(6,7)8/h31-32,34-35H,9-30,33H2,1-8H3. The van der Waals surface area contributed by atoms with Gasteiger partial charge < -0.3 is 0 Å². The highest BCUT2D eigenvalue weighted by Gasteiger charge is 2.44. The Morgan fingerprint density at radius 1 is 0.609 bits per heavy atom. The number of fused-ring (bicyclic) bond motifs is 5. The molecule has 2 aliphatic heterocycles. The van der Waals surface area contributed by atoms with Crippen LogP contribution in [0.1, 0.15) is 200 Å². The third-order valence-corrected chi connectivity index (χ3v) is 19.1. The van der Waals surface area contributed by atoms with Crippen LogP contribution in [0.15, 0.2) is 21.9 Å². The van der Waals surface area contributed by atoms with Crippen molar-refractivity contribution in [3.8, 4) is 9.75 Å². The molecule has 2 aromatic heterocycles. The van der Waals surface area contributed by atoms with Gasteiger partial charge in [0.15, 0.2) is 0 Å². The van der Waals surface area contributed by atoms with Crippen molar-refractivity contribution in [1.82, 2.24) is 0 Å². The summed E-state index contributed by atoms with van der Waals surface area (Å²) in [4.78, 5) is 10.3. The van der Waals surface area contributed by atoms with E-state index in [1.807, 2.05) is 9.79 Å². The fourth-order valence-electron chi connectivity index (χ4n) is 8.07. The molecule has 4 rings (SSSR count). The van der Waals surface area contributed by atoms with Crippen molar-refractivity contribution < 1.29 is 0 Å². The van der Waals surface area contributed by atoms with Crippen molar-refractivity contribution in [1.29, 1.82) is 0 Å². The Labute approximate surface area is 297 Å². The first-order valence-corrected chi connectivity index (χ1v) is 23.6. The lowest BCUT2D eigenvalue weighted by atomic mass is 9.92. The van der Waals surface area contributed by atoms with Crippen LogP contribution in [-0.2, 0) is 10.8 Å². The van der Waals surface area contributed by atoms with Crippen LogP contribution < -0.4 is 0 Å². The minimum absolute atomic E-state index is 0.224. The van der Waals surface area contributed by atoms with Gasteiger partial charge in [-0.2, -0.15) is 10.0 Å². The molecule has 0 saturated carbocycles. The van der Waals surface area contributed by atoms with Crippen LogP contribution in [0.4, 0.5) is 0 Å². The largest absolute Gasteiger partial charge is 0.185 e. The van der Waals surface area contributed by atoms with Crippen molar-refractivity contribution in [2.24, 2.45) is 11.8 Å². The summed E-state index contributed by atoms with van der Waals surface area (Å²) in [6.45, 7) is 19.6. The summed E-state index contributed by atoms with van der Waals surface area (Å²) in [5.74, 6) is 4.69. The van der Waals surface area contributed by atoms with Gasteiger partial charge in [0, 0.05) is 19.5 Å². The molecule has 2 aliphatic rings. The quantitative estimate of drug-likeness (QED) is 0.275. The fraction of sp³-hybridized carbons (Fsp3) is 0.814. The first-order valence-electron chi connectivity index (χ1n) is 20.0. The van der Waals surface area contributed by atoms with Gasteiger partial charge in [0.2, 0.25) is 0 Å². The Balaban J connectivity index is 1.69. The summed E-state index contributed by atoms with van der Waals surface area (Å²) in [7, 11) is -1.04. The minimum atomic E-state index is -1.04. The van der Waals surface area contributed by atoms with Crippen molar-refractivity contribution in [2.45, 2.75) is 211 Å². The predicted molar refractivity (Wildman–Crippen MR) is 214 cm³/mol. The van der Waals surface area contributed by atoms with Crippen LogP contribution >= 0.6 is 32.7 Å². The summed E-state index contributed by atoms with van der Waals surface area (Å²) in [6.07, 6.45) is 30.4. The van der Waals surface area contributed by atoms with Gasteiger partial charge >= 0.3 is 0 Å². The molecule has 4 heterocycles. The predicted octanol–water partition coefficient (Wildman–Crippen LogP) is 16.1. The Morgan fingerprint density at radius 3 is 1.59 bits per heavy atom. The van der Waals surface area contributed by atoms with E-state index in [9.17, 15) is 0 Å². The summed E-state index contributed by atoms with van der Waals surface area (Å²) in [5.41, 5.74) is 0.448. The third kappa shape index (κ3) is 10.6. The van der Waals surface area contributed by atoms with Gasteiger partial charge in [-0.15, -0.1) is 22.7 Å². The Morgan fingerprint density at radius 2 is 1.09 bits per heavy atom. The molecule has 0 aromatic carbocycles. The molecule has 46 heavy (non-hydrogen) atoms. The maximum atomic E-state index is 2.76. The molecule has 3 heteroatoms. The Kier molecular flexibility index (Phi) is 15.2. The van der Waals surface area contributed by atoms with Gasteiger partial charge in [-0.05, 0) is 65.6 Å². The van der Waals surface area contributed by atoms with Crippen LogP contribution in [-0.4, -0.2) is 11.5 Å². The lowest BCUT2D eigenvalue weighted by molar-refractivity contribution is 0.393. The first-order chi connectivity index (χ1) is 22.0. The summed E-state index contributed by atoms with van der Waals surface area (Å²) >= 11 is 4.34. The molecule has 2 aromatic rings. The third-order valence-electron chi connectivity index (χ3n) is 11.2. The van der Waals surface area contributed by atoms with Gasteiger partial charge in [0.25, 0.3) is 0 Å². The Hall–Kier alpha value is -0.250. The van der Waals surface area contributed by atoms with Crippen LogP contribution in [0.25, 0.3) is 9.75 Å². The monoisotopic (exact) mass is 686 g/mol. The molecule has 264 valence electrons. The average molecular weight is 687 g/mol. The highest BCUT2D eigenvalue weighted by atomic mass is 32.3. The number of hydrogen-bond donors (Lipinski definition) is 0. The van der Waals surface area contributed by atoms with Crippen molar-refractivity contribution in [3.63, 3.8) is 0 Å². The number of hydrogen-bond acceptors (Lipinski definition) is 2. The molecule has 0 amide bonds. The van der Waals surface area contributed by atoms with Gasteiger partial charge in [-0.1, -0.05) is 171 Å². The van der Waals surface area contributed by atoms with E-state index < -0.39 is 10.0 Å². The maximum Gasteiger partial charge on any atom is 0.0580 e. The lowest BCUT2D eigenvalue weighted by Gasteiger charge is -2.41. The van der Waals surface area contributed by atoms with Crippen LogP contribution in [0.2, 0.25) is 0 Å². The first kappa shape index (κ1) is 38.6. The normalized spacial score (nSPS) is 23.8. The average Bonchev–Trinajstić information content (AvgIpc) is 3.68. The molecule has 2 atom stereocenters. The van der Waals surface area contributed by atoms with Gasteiger partial charge in [-0.3, -0.25) is 0 Å². The zero-order valence-corrected chi connectivity index (χ0v) is 34.2. The molecule has 0 radical (unpaired) electrons. The van der Waals surface area contributed by atoms with Crippen LogP contribution in [0.5, 0.6) is 0 Å². The van der Waals surface area contributed by atoms with Crippen molar-refractivity contribution in [2.75, 3.05) is 11.5 Å². The summed E-state index contributed by atoms with van der Waals surface area (Å²) < 4.78 is 0. The molecule has 1 fully saturated rings. The second-order valence-corrected chi connectivity index (χ2v) is 23.1. The molecule has 0 nitrogen and oxygen atoms in total. The van der Waals surface area contributed by atoms with E-state index in [1.165, 1.54) is 146 Å². The molecule has 1 spiro atoms. The van der Waals surface area contributed by atoms with E-state index in [2.05, 4.69) is 90.2 Å². The van der Waals surface area contributed by atoms with Crippen molar-refractivity contribution in [3.05, 3.63) is 21.9 Å². The maximum absolute atomic E-state index is 2.76. The molecule has 0 aliphatic carbocycles. The van der Waals surface area contributed by atoms with E-state index in [4.69, 9.17) is 0 Å². The van der Waals surface area contributed by atoms with Crippen LogP contribution in [0.3, 0.4) is 0 Å². The molecular weight excluding hydrogens is 613 g/mol. The molecule has 0 bridgehead atoms. The minimum Gasteiger partial charge on any atom is -0.185 e. The second-order valence-electron chi connectivity index (χ2n) is 17.6. The smallest absolute Gasteiger partial charge is 0.0580 e. The molecule has 0 N–H and O–H groups in total. The lowest BCUT2D eigenvalue weighted by Crippen LogP contribution is -2.18. The van der Waals surface area contributed by atoms with E-state index in [-0.39, 0.29) is 10.8 Å². The van der Waals surface area contributed by atoms with Gasteiger partial charge in [-0.25, -0.2) is 0 Å². The highest BCUT2D eigenvalue weighted by molar-refractivity contribution is 8.34. The Bertz CT molecular complexity index is 1090. The van der Waals surface area contributed by atoms with Crippen LogP contribution in [0, 0.1) is 11.8 Å². The topological polar surface area (TPSA) is 0 Å². The SMILES string of the molecule is CCCCCCC1CCCC(C)CCCCCCCCCCCCCCS2(C1)c1cc(C(C)(C)C)sc1-c1sc(C(C)(C)C)cc12. The zero-order chi connectivity index (χ0) is 33.2. The number of rotatable bonds is 5. The fourth-order valence-corrected chi connectivity index (χ4v) is 16.6. The summed E-state index contributed by atoms with van der Waals surface area (Å²) in [5, 5.41) is 0. The van der Waals surface area contributed by atoms with E-state index >= 15 is 0 Å². The van der Waals surface area contributed by atoms with Gasteiger partial charge in [0.1, 0.15) is 0 Å². The summed E-state index contributed by atoms with van der Waals surface area (Å²) in [6, 6.07) is 5.52. The highest BCUT2D eigenvalue weighted by Crippen LogP contribution is 2.76. The zero-order valence-electron chi connectivity index (χ0n) is 31.8. The molecule has 2 unspecified atom stereocenters.